The molecule has 0 aliphatic rings. The van der Waals surface area contributed by atoms with Gasteiger partial charge < -0.3 is 10.1 Å². The Bertz CT molecular complexity index is 788. The molecular weight excluding hydrogens is 342 g/mol. The first-order valence-electron chi connectivity index (χ1n) is 8.85. The molecule has 6 heteroatoms. The van der Waals surface area contributed by atoms with Gasteiger partial charge in [0.2, 0.25) is 5.91 Å². The Balaban J connectivity index is 1.66. The number of carbonyl (C=O) groups excluding carboxylic acids is 2. The van der Waals surface area contributed by atoms with Crippen LogP contribution in [0.2, 0.25) is 0 Å². The summed E-state index contributed by atoms with van der Waals surface area (Å²) in [6, 6.07) is 17.4. The predicted molar refractivity (Wildman–Crippen MR) is 106 cm³/mol. The van der Waals surface area contributed by atoms with Gasteiger partial charge >= 0.3 is 0 Å². The second-order valence-corrected chi connectivity index (χ2v) is 6.20. The van der Waals surface area contributed by atoms with Gasteiger partial charge in [-0.15, -0.1) is 0 Å². The summed E-state index contributed by atoms with van der Waals surface area (Å²) in [5.41, 5.74) is 5.05. The number of para-hydroxylation sites is 1. The SMILES string of the molecule is C/C(CC(=O)NCCc1ccccc1)=N\NC(=O)COc1ccccc1C. The molecule has 142 valence electrons. The highest BCUT2D eigenvalue weighted by atomic mass is 16.5. The molecule has 0 aromatic heterocycles. The maximum absolute atomic E-state index is 11.9. The van der Waals surface area contributed by atoms with Gasteiger partial charge in [0.15, 0.2) is 6.61 Å². The maximum Gasteiger partial charge on any atom is 0.277 e. The summed E-state index contributed by atoms with van der Waals surface area (Å²) in [5, 5.41) is 6.79. The number of benzene rings is 2. The van der Waals surface area contributed by atoms with E-state index in [9.17, 15) is 9.59 Å². The van der Waals surface area contributed by atoms with E-state index in [1.807, 2.05) is 55.5 Å². The van der Waals surface area contributed by atoms with E-state index >= 15 is 0 Å². The normalized spacial score (nSPS) is 11.0. The molecule has 2 amide bonds. The molecule has 0 heterocycles. The lowest BCUT2D eigenvalue weighted by Crippen LogP contribution is -2.29. The van der Waals surface area contributed by atoms with Crippen LogP contribution in [0.4, 0.5) is 0 Å². The minimum Gasteiger partial charge on any atom is -0.483 e. The summed E-state index contributed by atoms with van der Waals surface area (Å²) in [4.78, 5) is 23.7. The quantitative estimate of drug-likeness (QED) is 0.528. The van der Waals surface area contributed by atoms with Crippen LogP contribution in [0.5, 0.6) is 5.75 Å². The van der Waals surface area contributed by atoms with Gasteiger partial charge in [-0.2, -0.15) is 5.10 Å². The number of nitrogens with zero attached hydrogens (tertiary/aromatic N) is 1. The van der Waals surface area contributed by atoms with E-state index in [0.29, 0.717) is 18.0 Å². The van der Waals surface area contributed by atoms with Crippen molar-refractivity contribution in [2.24, 2.45) is 5.10 Å². The topological polar surface area (TPSA) is 79.8 Å². The molecule has 0 atom stereocenters. The van der Waals surface area contributed by atoms with Crippen molar-refractivity contribution in [2.75, 3.05) is 13.2 Å². The molecule has 0 radical (unpaired) electrons. The Labute approximate surface area is 159 Å². The highest BCUT2D eigenvalue weighted by molar-refractivity contribution is 6.00. The van der Waals surface area contributed by atoms with Crippen LogP contribution in [-0.2, 0) is 16.0 Å². The molecule has 2 aromatic carbocycles. The van der Waals surface area contributed by atoms with E-state index in [1.165, 1.54) is 5.56 Å². The van der Waals surface area contributed by atoms with Gasteiger partial charge in [0, 0.05) is 12.3 Å². The number of hydrazone groups is 1. The van der Waals surface area contributed by atoms with Crippen LogP contribution < -0.4 is 15.5 Å². The Morgan fingerprint density at radius 1 is 1.00 bits per heavy atom. The summed E-state index contributed by atoms with van der Waals surface area (Å²) in [6.45, 7) is 4.03. The third kappa shape index (κ3) is 7.73. The van der Waals surface area contributed by atoms with Crippen molar-refractivity contribution in [1.29, 1.82) is 0 Å². The molecule has 0 saturated carbocycles. The van der Waals surface area contributed by atoms with Gasteiger partial charge in [-0.3, -0.25) is 9.59 Å². The molecule has 0 bridgehead atoms. The monoisotopic (exact) mass is 367 g/mol. The number of rotatable bonds is 9. The van der Waals surface area contributed by atoms with Crippen LogP contribution in [0.25, 0.3) is 0 Å². The van der Waals surface area contributed by atoms with Gasteiger partial charge in [0.25, 0.3) is 5.91 Å². The number of amides is 2. The largest absolute Gasteiger partial charge is 0.483 e. The van der Waals surface area contributed by atoms with Gasteiger partial charge in [0.1, 0.15) is 5.75 Å². The van der Waals surface area contributed by atoms with Crippen LogP contribution >= 0.6 is 0 Å². The molecule has 6 nitrogen and oxygen atoms in total. The van der Waals surface area contributed by atoms with Crippen molar-refractivity contribution in [3.05, 3.63) is 65.7 Å². The highest BCUT2D eigenvalue weighted by Crippen LogP contribution is 2.15. The van der Waals surface area contributed by atoms with Crippen molar-refractivity contribution in [1.82, 2.24) is 10.7 Å². The lowest BCUT2D eigenvalue weighted by Gasteiger charge is -2.08. The Morgan fingerprint density at radius 2 is 1.70 bits per heavy atom. The molecule has 0 saturated heterocycles. The number of nitrogens with one attached hydrogen (secondary N) is 2. The molecule has 2 N–H and O–H groups in total. The Kier molecular flexibility index (Phi) is 8.03. The third-order valence-corrected chi connectivity index (χ3v) is 3.82. The first-order chi connectivity index (χ1) is 13.0. The lowest BCUT2D eigenvalue weighted by atomic mass is 10.1. The second-order valence-electron chi connectivity index (χ2n) is 6.20. The Hall–Kier alpha value is -3.15. The van der Waals surface area contributed by atoms with Crippen LogP contribution in [-0.4, -0.2) is 30.7 Å². The fourth-order valence-electron chi connectivity index (χ4n) is 2.38. The fourth-order valence-corrected chi connectivity index (χ4v) is 2.38. The number of carbonyl (C=O) groups is 2. The van der Waals surface area contributed by atoms with Gasteiger partial charge in [-0.1, -0.05) is 48.5 Å². The smallest absolute Gasteiger partial charge is 0.277 e. The number of aryl methyl sites for hydroxylation is 1. The third-order valence-electron chi connectivity index (χ3n) is 3.82. The van der Waals surface area contributed by atoms with Crippen molar-refractivity contribution in [2.45, 2.75) is 26.7 Å². The molecule has 27 heavy (non-hydrogen) atoms. The van der Waals surface area contributed by atoms with E-state index in [-0.39, 0.29) is 24.8 Å². The van der Waals surface area contributed by atoms with Crippen LogP contribution in [0.3, 0.4) is 0 Å². The average Bonchev–Trinajstić information content (AvgIpc) is 2.66. The molecule has 0 fully saturated rings. The number of ether oxygens (including phenoxy) is 1. The van der Waals surface area contributed by atoms with E-state index in [4.69, 9.17) is 4.74 Å². The van der Waals surface area contributed by atoms with E-state index < -0.39 is 0 Å². The minimum atomic E-state index is -0.373. The summed E-state index contributed by atoms with van der Waals surface area (Å²) in [7, 11) is 0. The van der Waals surface area contributed by atoms with Crippen LogP contribution in [0.15, 0.2) is 59.7 Å². The first kappa shape index (κ1) is 20.2. The molecule has 0 unspecified atom stereocenters. The van der Waals surface area contributed by atoms with E-state index in [1.54, 1.807) is 13.0 Å². The zero-order chi connectivity index (χ0) is 19.5. The highest BCUT2D eigenvalue weighted by Gasteiger charge is 2.06. The number of hydrogen-bond acceptors (Lipinski definition) is 4. The second kappa shape index (κ2) is 10.8. The summed E-state index contributed by atoms with van der Waals surface area (Å²) >= 11 is 0. The van der Waals surface area contributed by atoms with Crippen molar-refractivity contribution >= 4 is 17.5 Å². The van der Waals surface area contributed by atoms with Crippen LogP contribution in [0, 0.1) is 6.92 Å². The predicted octanol–water partition coefficient (Wildman–Crippen LogP) is 2.61. The summed E-state index contributed by atoms with van der Waals surface area (Å²) in [6.07, 6.45) is 0.906. The molecule has 0 aliphatic heterocycles. The summed E-state index contributed by atoms with van der Waals surface area (Å²) < 4.78 is 5.45. The zero-order valence-electron chi connectivity index (χ0n) is 15.7. The van der Waals surface area contributed by atoms with Crippen LogP contribution in [0.1, 0.15) is 24.5 Å². The number of hydrogen-bond donors (Lipinski definition) is 2. The standard InChI is InChI=1S/C21H25N3O3/c1-16-8-6-7-11-19(16)27-15-21(26)24-23-17(2)14-20(25)22-13-12-18-9-4-3-5-10-18/h3-11H,12-15H2,1-2H3,(H,22,25)(H,24,26)/b23-17+. The van der Waals surface area contributed by atoms with Crippen molar-refractivity contribution in [3.8, 4) is 5.75 Å². The van der Waals surface area contributed by atoms with E-state index in [2.05, 4.69) is 15.8 Å². The molecule has 2 aromatic rings. The summed E-state index contributed by atoms with van der Waals surface area (Å²) in [5.74, 6) is 0.158. The Morgan fingerprint density at radius 3 is 2.44 bits per heavy atom. The lowest BCUT2D eigenvalue weighted by molar-refractivity contribution is -0.123. The molecule has 0 spiro atoms. The zero-order valence-corrected chi connectivity index (χ0v) is 15.7. The van der Waals surface area contributed by atoms with Gasteiger partial charge in [-0.05, 0) is 37.5 Å². The van der Waals surface area contributed by atoms with E-state index in [0.717, 1.165) is 12.0 Å². The van der Waals surface area contributed by atoms with Crippen molar-refractivity contribution < 1.29 is 14.3 Å². The molecule has 0 aliphatic carbocycles. The molecule has 2 rings (SSSR count). The van der Waals surface area contributed by atoms with Gasteiger partial charge in [-0.25, -0.2) is 5.43 Å². The first-order valence-corrected chi connectivity index (χ1v) is 8.85. The minimum absolute atomic E-state index is 0.127. The average molecular weight is 367 g/mol. The molecular formula is C21H25N3O3. The van der Waals surface area contributed by atoms with Gasteiger partial charge in [0.05, 0.1) is 6.42 Å². The fraction of sp³-hybridized carbons (Fsp3) is 0.286. The maximum atomic E-state index is 11.9. The van der Waals surface area contributed by atoms with Crippen molar-refractivity contribution in [3.63, 3.8) is 0 Å².